The second-order valence-corrected chi connectivity index (χ2v) is 10.2. The molecular formula is C28H33F2N3O2. The number of likely N-dealkylation sites (tertiary alicyclic amines) is 2. The summed E-state index contributed by atoms with van der Waals surface area (Å²) in [5, 5.41) is 2.88. The molecule has 2 saturated heterocycles. The van der Waals surface area contributed by atoms with Crippen LogP contribution in [0.25, 0.3) is 0 Å². The maximum atomic E-state index is 13.8. The van der Waals surface area contributed by atoms with Crippen LogP contribution in [0.2, 0.25) is 0 Å². The monoisotopic (exact) mass is 481 g/mol. The van der Waals surface area contributed by atoms with E-state index in [1.54, 1.807) is 5.56 Å². The number of benzene rings is 2. The van der Waals surface area contributed by atoms with Crippen LogP contribution in [0.1, 0.15) is 67.7 Å². The Hall–Kier alpha value is -2.80. The van der Waals surface area contributed by atoms with Crippen molar-refractivity contribution < 1.29 is 18.4 Å². The molecule has 0 saturated carbocycles. The first-order valence-electron chi connectivity index (χ1n) is 12.8. The third-order valence-electron chi connectivity index (χ3n) is 8.20. The van der Waals surface area contributed by atoms with Crippen molar-refractivity contribution in [3.05, 3.63) is 70.8 Å². The summed E-state index contributed by atoms with van der Waals surface area (Å²) in [7, 11) is 0. The van der Waals surface area contributed by atoms with Gasteiger partial charge in [-0.3, -0.25) is 9.69 Å². The van der Waals surface area contributed by atoms with Crippen LogP contribution in [-0.4, -0.2) is 47.9 Å². The second-order valence-electron chi connectivity index (χ2n) is 10.2. The number of halogens is 2. The Labute approximate surface area is 205 Å². The second kappa shape index (κ2) is 10.1. The summed E-state index contributed by atoms with van der Waals surface area (Å²) in [4.78, 5) is 29.1. The molecule has 1 spiro atoms. The minimum Gasteiger partial charge on any atom is -0.338 e. The molecule has 3 amide bonds. The average Bonchev–Trinajstić information content (AvgIpc) is 3.22. The number of imide groups is 1. The quantitative estimate of drug-likeness (QED) is 0.605. The van der Waals surface area contributed by atoms with Gasteiger partial charge in [-0.1, -0.05) is 30.3 Å². The number of rotatable bonds is 5. The lowest BCUT2D eigenvalue weighted by atomic mass is 9.74. The first-order valence-corrected chi connectivity index (χ1v) is 12.8. The fourth-order valence-electron chi connectivity index (χ4n) is 6.23. The number of amides is 3. The van der Waals surface area contributed by atoms with Crippen LogP contribution in [-0.2, 0) is 16.6 Å². The summed E-state index contributed by atoms with van der Waals surface area (Å²) >= 11 is 0. The highest BCUT2D eigenvalue weighted by atomic mass is 19.2. The molecule has 1 atom stereocenters. The van der Waals surface area contributed by atoms with Gasteiger partial charge in [-0.15, -0.1) is 0 Å². The number of urea groups is 1. The molecule has 0 bridgehead atoms. The van der Waals surface area contributed by atoms with Crippen LogP contribution in [0.3, 0.4) is 0 Å². The maximum Gasteiger partial charge on any atom is 0.324 e. The molecule has 2 heterocycles. The zero-order valence-electron chi connectivity index (χ0n) is 20.1. The topological polar surface area (TPSA) is 52.7 Å². The lowest BCUT2D eigenvalue weighted by Crippen LogP contribution is -2.48. The molecule has 1 N–H and O–H groups in total. The molecule has 35 heavy (non-hydrogen) atoms. The molecular weight excluding hydrogens is 448 g/mol. The van der Waals surface area contributed by atoms with Crippen molar-refractivity contribution >= 4 is 11.9 Å². The SMILES string of the molecule is O=C1CCC[C@@H](c2ccc(F)c(F)c2)N1C(=O)NCCCN1CCC2(CCc3ccccc32)CC1. The van der Waals surface area contributed by atoms with E-state index in [2.05, 4.69) is 34.5 Å². The lowest BCUT2D eigenvalue weighted by molar-refractivity contribution is -0.132. The van der Waals surface area contributed by atoms with Gasteiger partial charge in [0.15, 0.2) is 11.6 Å². The van der Waals surface area contributed by atoms with Crippen LogP contribution >= 0.6 is 0 Å². The summed E-state index contributed by atoms with van der Waals surface area (Å²) in [5.41, 5.74) is 3.85. The molecule has 2 aromatic carbocycles. The Kier molecular flexibility index (Phi) is 6.87. The molecule has 0 radical (unpaired) electrons. The molecule has 3 aliphatic rings. The Morgan fingerprint density at radius 2 is 1.83 bits per heavy atom. The molecule has 0 unspecified atom stereocenters. The van der Waals surface area contributed by atoms with E-state index in [4.69, 9.17) is 0 Å². The van der Waals surface area contributed by atoms with Crippen LogP contribution in [0.15, 0.2) is 42.5 Å². The van der Waals surface area contributed by atoms with Gasteiger partial charge in [-0.25, -0.2) is 13.6 Å². The third-order valence-corrected chi connectivity index (χ3v) is 8.20. The Morgan fingerprint density at radius 3 is 2.63 bits per heavy atom. The predicted octanol–water partition coefficient (Wildman–Crippen LogP) is 5.10. The van der Waals surface area contributed by atoms with Gasteiger partial charge in [0.1, 0.15) is 0 Å². The minimum absolute atomic E-state index is 0.276. The molecule has 5 rings (SSSR count). The summed E-state index contributed by atoms with van der Waals surface area (Å²) in [5.74, 6) is -2.18. The average molecular weight is 482 g/mol. The zero-order valence-corrected chi connectivity index (χ0v) is 20.1. The summed E-state index contributed by atoms with van der Waals surface area (Å²) in [6.07, 6.45) is 7.03. The molecule has 186 valence electrons. The maximum absolute atomic E-state index is 13.8. The summed E-state index contributed by atoms with van der Waals surface area (Å²) in [6, 6.07) is 11.4. The first-order chi connectivity index (χ1) is 17.0. The highest BCUT2D eigenvalue weighted by Crippen LogP contribution is 2.46. The van der Waals surface area contributed by atoms with Crippen LogP contribution < -0.4 is 5.32 Å². The smallest absolute Gasteiger partial charge is 0.324 e. The van der Waals surface area contributed by atoms with E-state index in [0.29, 0.717) is 30.4 Å². The zero-order chi connectivity index (χ0) is 24.4. The lowest BCUT2D eigenvalue weighted by Gasteiger charge is -2.40. The molecule has 7 heteroatoms. The van der Waals surface area contributed by atoms with Crippen molar-refractivity contribution in [2.75, 3.05) is 26.2 Å². The molecule has 1 aliphatic carbocycles. The number of nitrogens with zero attached hydrogens (tertiary/aromatic N) is 2. The van der Waals surface area contributed by atoms with E-state index in [9.17, 15) is 18.4 Å². The minimum atomic E-state index is -0.967. The predicted molar refractivity (Wildman–Crippen MR) is 130 cm³/mol. The number of carbonyl (C=O) groups is 2. The van der Waals surface area contributed by atoms with Crippen molar-refractivity contribution in [2.45, 2.75) is 62.8 Å². The van der Waals surface area contributed by atoms with Gasteiger partial charge in [-0.05, 0) is 98.8 Å². The van der Waals surface area contributed by atoms with Gasteiger partial charge in [0.25, 0.3) is 0 Å². The van der Waals surface area contributed by atoms with Gasteiger partial charge < -0.3 is 10.2 Å². The van der Waals surface area contributed by atoms with Crippen molar-refractivity contribution in [3.8, 4) is 0 Å². The molecule has 2 fully saturated rings. The van der Waals surface area contributed by atoms with Crippen molar-refractivity contribution in [1.82, 2.24) is 15.1 Å². The van der Waals surface area contributed by atoms with E-state index >= 15 is 0 Å². The third kappa shape index (κ3) is 4.83. The van der Waals surface area contributed by atoms with Crippen molar-refractivity contribution in [1.29, 1.82) is 0 Å². The summed E-state index contributed by atoms with van der Waals surface area (Å²) in [6.45, 7) is 3.49. The van der Waals surface area contributed by atoms with Crippen LogP contribution in [0.4, 0.5) is 13.6 Å². The number of piperidine rings is 2. The molecule has 2 aromatic rings. The van der Waals surface area contributed by atoms with Crippen molar-refractivity contribution in [2.24, 2.45) is 0 Å². The van der Waals surface area contributed by atoms with Gasteiger partial charge in [0.05, 0.1) is 6.04 Å². The van der Waals surface area contributed by atoms with Gasteiger partial charge in [0, 0.05) is 13.0 Å². The highest BCUT2D eigenvalue weighted by Gasteiger charge is 2.40. The Morgan fingerprint density at radius 1 is 1.03 bits per heavy atom. The first kappa shape index (κ1) is 23.9. The van der Waals surface area contributed by atoms with Gasteiger partial charge in [-0.2, -0.15) is 0 Å². The highest BCUT2D eigenvalue weighted by molar-refractivity contribution is 5.95. The van der Waals surface area contributed by atoms with Crippen molar-refractivity contribution in [3.63, 3.8) is 0 Å². The number of hydrogen-bond acceptors (Lipinski definition) is 3. The normalized spacial score (nSPS) is 21.8. The van der Waals surface area contributed by atoms with E-state index in [0.717, 1.165) is 38.2 Å². The number of aryl methyl sites for hydroxylation is 1. The standard InChI is InChI=1S/C28H33F2N3O2/c29-23-10-9-21(19-24(23)30)25-7-3-8-26(34)33(25)27(35)31-15-4-16-32-17-13-28(14-18-32)12-11-20-5-1-2-6-22(20)28/h1-2,5-6,9-10,19,25H,3-4,7-8,11-18H2,(H,31,35)/t25-/m0/s1. The van der Waals surface area contributed by atoms with E-state index in [1.165, 1.54) is 42.2 Å². The van der Waals surface area contributed by atoms with E-state index < -0.39 is 23.7 Å². The Bertz CT molecular complexity index is 1100. The molecule has 2 aliphatic heterocycles. The molecule has 5 nitrogen and oxygen atoms in total. The molecule has 0 aromatic heterocycles. The van der Waals surface area contributed by atoms with Crippen LogP contribution in [0, 0.1) is 11.6 Å². The van der Waals surface area contributed by atoms with Gasteiger partial charge >= 0.3 is 6.03 Å². The number of nitrogens with one attached hydrogen (secondary N) is 1. The van der Waals surface area contributed by atoms with E-state index in [1.807, 2.05) is 0 Å². The Balaban J connectivity index is 1.11. The van der Waals surface area contributed by atoms with Gasteiger partial charge in [0.2, 0.25) is 5.91 Å². The number of carbonyl (C=O) groups excluding carboxylic acids is 2. The summed E-state index contributed by atoms with van der Waals surface area (Å²) < 4.78 is 27.1. The largest absolute Gasteiger partial charge is 0.338 e. The van der Waals surface area contributed by atoms with Crippen LogP contribution in [0.5, 0.6) is 0 Å². The number of hydrogen-bond donors (Lipinski definition) is 1. The number of fused-ring (bicyclic) bond motifs is 2. The fraction of sp³-hybridized carbons (Fsp3) is 0.500. The fourth-order valence-corrected chi connectivity index (χ4v) is 6.23. The van der Waals surface area contributed by atoms with E-state index in [-0.39, 0.29) is 12.3 Å².